The molecule has 0 heterocycles. The van der Waals surface area contributed by atoms with Crippen LogP contribution in [0.2, 0.25) is 0 Å². The van der Waals surface area contributed by atoms with E-state index in [1.54, 1.807) is 20.8 Å². The van der Waals surface area contributed by atoms with Crippen LogP contribution in [-0.4, -0.2) is 11.6 Å². The minimum absolute atomic E-state index is 0.0132. The van der Waals surface area contributed by atoms with Crippen molar-refractivity contribution in [2.24, 2.45) is 0 Å². The largest absolute Gasteiger partial charge is 0.460 e. The average Bonchev–Trinajstić information content (AvgIpc) is 2.18. The Kier molecular flexibility index (Phi) is 3.86. The highest BCUT2D eigenvalue weighted by Crippen LogP contribution is 2.23. The van der Waals surface area contributed by atoms with Gasteiger partial charge in [-0.15, -0.1) is 0 Å². The molecule has 1 aromatic carbocycles. The molecule has 17 heavy (non-hydrogen) atoms. The molecule has 1 aromatic rings. The summed E-state index contributed by atoms with van der Waals surface area (Å²) in [5.74, 6) is -2.58. The van der Waals surface area contributed by atoms with Gasteiger partial charge in [-0.3, -0.25) is 4.79 Å². The maximum atomic E-state index is 13.4. The van der Waals surface area contributed by atoms with Gasteiger partial charge in [0.05, 0.1) is 5.92 Å². The van der Waals surface area contributed by atoms with Crippen LogP contribution in [0.1, 0.15) is 39.2 Å². The lowest BCUT2D eigenvalue weighted by Gasteiger charge is -2.22. The molecule has 0 amide bonds. The highest BCUT2D eigenvalue weighted by molar-refractivity contribution is 5.78. The van der Waals surface area contributed by atoms with Gasteiger partial charge in [0.15, 0.2) is 0 Å². The summed E-state index contributed by atoms with van der Waals surface area (Å²) in [7, 11) is 0. The smallest absolute Gasteiger partial charge is 0.313 e. The predicted octanol–water partition coefficient (Wildman–Crippen LogP) is 3.41. The number of carbonyl (C=O) groups is 1. The van der Waals surface area contributed by atoms with Crippen LogP contribution in [0, 0.1) is 11.6 Å². The van der Waals surface area contributed by atoms with Crippen LogP contribution in [0.5, 0.6) is 0 Å². The van der Waals surface area contributed by atoms with Gasteiger partial charge in [-0.05, 0) is 45.9 Å². The molecule has 0 aliphatic carbocycles. The minimum atomic E-state index is -0.829. The van der Waals surface area contributed by atoms with Crippen molar-refractivity contribution in [3.8, 4) is 0 Å². The fraction of sp³-hybridized carbons (Fsp3) is 0.462. The molecule has 2 nitrogen and oxygen atoms in total. The van der Waals surface area contributed by atoms with Crippen LogP contribution < -0.4 is 0 Å². The SMILES string of the molecule is CC(C(=O)OC(C)(C)C)c1cc(F)ccc1F. The van der Waals surface area contributed by atoms with Crippen LogP contribution in [0.15, 0.2) is 18.2 Å². The monoisotopic (exact) mass is 242 g/mol. The van der Waals surface area contributed by atoms with Crippen LogP contribution in [0.25, 0.3) is 0 Å². The first-order valence-corrected chi connectivity index (χ1v) is 5.38. The third-order valence-corrected chi connectivity index (χ3v) is 2.18. The summed E-state index contributed by atoms with van der Waals surface area (Å²) in [6.45, 7) is 6.66. The highest BCUT2D eigenvalue weighted by Gasteiger charge is 2.25. The highest BCUT2D eigenvalue weighted by atomic mass is 19.1. The van der Waals surface area contributed by atoms with Crippen molar-refractivity contribution < 1.29 is 18.3 Å². The van der Waals surface area contributed by atoms with Gasteiger partial charge in [0.1, 0.15) is 17.2 Å². The zero-order valence-electron chi connectivity index (χ0n) is 10.4. The normalized spacial score (nSPS) is 13.3. The van der Waals surface area contributed by atoms with E-state index in [1.807, 2.05) is 0 Å². The van der Waals surface area contributed by atoms with Crippen molar-refractivity contribution in [3.05, 3.63) is 35.4 Å². The second-order valence-corrected chi connectivity index (χ2v) is 4.92. The van der Waals surface area contributed by atoms with E-state index in [4.69, 9.17) is 4.74 Å². The summed E-state index contributed by atoms with van der Waals surface area (Å²) in [4.78, 5) is 11.7. The lowest BCUT2D eigenvalue weighted by molar-refractivity contribution is -0.156. The number of benzene rings is 1. The van der Waals surface area contributed by atoms with Crippen molar-refractivity contribution in [3.63, 3.8) is 0 Å². The van der Waals surface area contributed by atoms with Crippen LogP contribution >= 0.6 is 0 Å². The van der Waals surface area contributed by atoms with Gasteiger partial charge in [-0.25, -0.2) is 8.78 Å². The number of halogens is 2. The van der Waals surface area contributed by atoms with E-state index >= 15 is 0 Å². The van der Waals surface area contributed by atoms with Gasteiger partial charge in [0.2, 0.25) is 0 Å². The Morgan fingerprint density at radius 1 is 1.29 bits per heavy atom. The summed E-state index contributed by atoms with van der Waals surface area (Å²) in [6, 6.07) is 3.04. The van der Waals surface area contributed by atoms with Gasteiger partial charge in [0.25, 0.3) is 0 Å². The Bertz CT molecular complexity index is 422. The molecule has 0 aliphatic rings. The second-order valence-electron chi connectivity index (χ2n) is 4.92. The summed E-state index contributed by atoms with van der Waals surface area (Å²) >= 11 is 0. The second kappa shape index (κ2) is 4.82. The third-order valence-electron chi connectivity index (χ3n) is 2.18. The molecule has 0 bridgehead atoms. The lowest BCUT2D eigenvalue weighted by atomic mass is 10.0. The van der Waals surface area contributed by atoms with E-state index in [0.717, 1.165) is 18.2 Å². The Labute approximate surface area is 99.6 Å². The molecule has 1 rings (SSSR count). The van der Waals surface area contributed by atoms with Crippen LogP contribution in [0.4, 0.5) is 8.78 Å². The molecule has 4 heteroatoms. The first-order valence-electron chi connectivity index (χ1n) is 5.38. The molecule has 0 saturated carbocycles. The summed E-state index contributed by atoms with van der Waals surface area (Å²) < 4.78 is 31.5. The number of ether oxygens (including phenoxy) is 1. The van der Waals surface area contributed by atoms with E-state index in [1.165, 1.54) is 6.92 Å². The lowest BCUT2D eigenvalue weighted by Crippen LogP contribution is -2.27. The van der Waals surface area contributed by atoms with Gasteiger partial charge in [-0.2, -0.15) is 0 Å². The van der Waals surface area contributed by atoms with E-state index in [9.17, 15) is 13.6 Å². The minimum Gasteiger partial charge on any atom is -0.460 e. The van der Waals surface area contributed by atoms with Crippen molar-refractivity contribution in [1.29, 1.82) is 0 Å². The maximum Gasteiger partial charge on any atom is 0.313 e. The molecule has 94 valence electrons. The first-order chi connectivity index (χ1) is 7.70. The Morgan fingerprint density at radius 2 is 1.88 bits per heavy atom. The molecule has 0 N–H and O–H groups in total. The van der Waals surface area contributed by atoms with Gasteiger partial charge < -0.3 is 4.74 Å². The molecule has 1 atom stereocenters. The molecule has 0 radical (unpaired) electrons. The van der Waals surface area contributed by atoms with Crippen LogP contribution in [0.3, 0.4) is 0 Å². The van der Waals surface area contributed by atoms with Crippen molar-refractivity contribution >= 4 is 5.97 Å². The number of hydrogen-bond donors (Lipinski definition) is 0. The zero-order chi connectivity index (χ0) is 13.2. The Balaban J connectivity index is 2.92. The fourth-order valence-electron chi connectivity index (χ4n) is 1.36. The van der Waals surface area contributed by atoms with E-state index in [0.29, 0.717) is 0 Å². The zero-order valence-corrected chi connectivity index (χ0v) is 10.4. The quantitative estimate of drug-likeness (QED) is 0.743. The summed E-state index contributed by atoms with van der Waals surface area (Å²) in [6.07, 6.45) is 0. The van der Waals surface area contributed by atoms with E-state index in [-0.39, 0.29) is 5.56 Å². The standard InChI is InChI=1S/C13H16F2O2/c1-8(12(16)17-13(2,3)4)10-7-9(14)5-6-11(10)15/h5-8H,1-4H3. The van der Waals surface area contributed by atoms with Gasteiger partial charge in [-0.1, -0.05) is 0 Å². The predicted molar refractivity (Wildman–Crippen MR) is 60.6 cm³/mol. The van der Waals surface area contributed by atoms with Gasteiger partial charge in [0, 0.05) is 5.56 Å². The van der Waals surface area contributed by atoms with Gasteiger partial charge >= 0.3 is 5.97 Å². The fourth-order valence-corrected chi connectivity index (χ4v) is 1.36. The summed E-state index contributed by atoms with van der Waals surface area (Å²) in [5.41, 5.74) is -0.631. The van der Waals surface area contributed by atoms with Crippen molar-refractivity contribution in [1.82, 2.24) is 0 Å². The van der Waals surface area contributed by atoms with Crippen molar-refractivity contribution in [2.45, 2.75) is 39.2 Å². The van der Waals surface area contributed by atoms with Crippen molar-refractivity contribution in [2.75, 3.05) is 0 Å². The Morgan fingerprint density at radius 3 is 2.41 bits per heavy atom. The molecule has 0 aliphatic heterocycles. The maximum absolute atomic E-state index is 13.4. The molecule has 0 saturated heterocycles. The summed E-state index contributed by atoms with van der Waals surface area (Å²) in [5, 5.41) is 0. The molecular formula is C13H16F2O2. The number of esters is 1. The average molecular weight is 242 g/mol. The number of carbonyl (C=O) groups excluding carboxylic acids is 1. The molecule has 1 unspecified atom stereocenters. The molecule has 0 spiro atoms. The first kappa shape index (κ1) is 13.6. The van der Waals surface area contributed by atoms with E-state index < -0.39 is 29.1 Å². The number of hydrogen-bond acceptors (Lipinski definition) is 2. The molecule has 0 aromatic heterocycles. The number of rotatable bonds is 2. The Hall–Kier alpha value is -1.45. The molecular weight excluding hydrogens is 226 g/mol. The van der Waals surface area contributed by atoms with Crippen LogP contribution in [-0.2, 0) is 9.53 Å². The molecule has 0 fully saturated rings. The van der Waals surface area contributed by atoms with E-state index in [2.05, 4.69) is 0 Å². The third kappa shape index (κ3) is 3.80. The topological polar surface area (TPSA) is 26.3 Å².